The Morgan fingerprint density at radius 2 is 1.38 bits per heavy atom. The van der Waals surface area contributed by atoms with Gasteiger partial charge in [0.1, 0.15) is 0 Å². The normalized spacial score (nSPS) is 10.9. The minimum absolute atomic E-state index is 0.135. The number of H-pyrrole nitrogens is 2. The van der Waals surface area contributed by atoms with Crippen molar-refractivity contribution in [1.29, 1.82) is 0 Å². The van der Waals surface area contributed by atoms with Crippen LogP contribution in [0.4, 0.5) is 0 Å². The van der Waals surface area contributed by atoms with Gasteiger partial charge in [-0.15, -0.1) is 0 Å². The molecule has 0 saturated heterocycles. The third-order valence-electron chi connectivity index (χ3n) is 1.93. The summed E-state index contributed by atoms with van der Waals surface area (Å²) in [6.07, 6.45) is 4.02. The topological polar surface area (TPSA) is 31.6 Å². The Morgan fingerprint density at radius 3 is 1.69 bits per heavy atom. The first kappa shape index (κ1) is 8.77. The van der Waals surface area contributed by atoms with E-state index in [9.17, 15) is 0 Å². The van der Waals surface area contributed by atoms with Gasteiger partial charge in [-0.25, -0.2) is 0 Å². The molecule has 0 aliphatic heterocycles. The molecule has 0 bridgehead atoms. The summed E-state index contributed by atoms with van der Waals surface area (Å²) < 4.78 is 2.77. The number of aryl methyl sites for hydroxylation is 2. The van der Waals surface area contributed by atoms with E-state index in [1.54, 1.807) is 0 Å². The van der Waals surface area contributed by atoms with Gasteiger partial charge in [0, 0.05) is 0 Å². The van der Waals surface area contributed by atoms with E-state index in [2.05, 4.69) is 35.9 Å². The van der Waals surface area contributed by atoms with Gasteiger partial charge in [-0.2, -0.15) is 0 Å². The van der Waals surface area contributed by atoms with Crippen LogP contribution in [0.15, 0.2) is 24.5 Å². The van der Waals surface area contributed by atoms with E-state index in [-0.39, 0.29) is 17.1 Å². The van der Waals surface area contributed by atoms with Crippen LogP contribution in [0.25, 0.3) is 0 Å². The molecule has 2 aromatic heterocycles. The van der Waals surface area contributed by atoms with Gasteiger partial charge in [0.25, 0.3) is 0 Å². The van der Waals surface area contributed by atoms with E-state index >= 15 is 0 Å². The summed E-state index contributed by atoms with van der Waals surface area (Å²) in [5.74, 6) is 0. The molecule has 0 aliphatic rings. The Labute approximate surface area is 85.4 Å². The van der Waals surface area contributed by atoms with Crippen LogP contribution in [0.5, 0.6) is 0 Å². The van der Waals surface area contributed by atoms with Crippen LogP contribution in [0.2, 0.25) is 0 Å². The van der Waals surface area contributed by atoms with Gasteiger partial charge in [-0.05, 0) is 0 Å². The molecule has 0 unspecified atom stereocenters. The fourth-order valence-electron chi connectivity index (χ4n) is 1.12. The van der Waals surface area contributed by atoms with Crippen LogP contribution in [0, 0.1) is 13.8 Å². The molecule has 0 fully saturated rings. The maximum atomic E-state index is 3.29. The predicted molar refractivity (Wildman–Crippen MR) is 50.3 cm³/mol. The van der Waals surface area contributed by atoms with E-state index in [0.717, 1.165) is 0 Å². The summed E-state index contributed by atoms with van der Waals surface area (Å²) in [6, 6.07) is 4.25. The number of rotatable bonds is 2. The number of hydrogen-bond donors (Lipinski definition) is 2. The molecule has 0 aliphatic carbocycles. The summed E-state index contributed by atoms with van der Waals surface area (Å²) in [5, 5.41) is 0. The van der Waals surface area contributed by atoms with Crippen LogP contribution in [-0.2, 0) is 17.1 Å². The second-order valence-corrected chi connectivity index (χ2v) is 5.19. The van der Waals surface area contributed by atoms with Gasteiger partial charge in [-0.1, -0.05) is 0 Å². The number of nitrogens with one attached hydrogen (secondary N) is 2. The second-order valence-electron chi connectivity index (χ2n) is 3.01. The molecule has 0 radical (unpaired) electrons. The SMILES string of the molecule is Cc1cc[nH][c]1[Ru][c]1[nH]ccc1C. The molecule has 70 valence electrons. The first-order valence-corrected chi connectivity index (χ1v) is 5.91. The number of aromatic nitrogens is 2. The third-order valence-corrected chi connectivity index (χ3v) is 4.67. The Morgan fingerprint density at radius 1 is 0.923 bits per heavy atom. The Kier molecular flexibility index (Phi) is 2.37. The molecule has 2 rings (SSSR count). The molecule has 2 heterocycles. The Hall–Kier alpha value is -0.817. The van der Waals surface area contributed by atoms with Crippen molar-refractivity contribution in [2.45, 2.75) is 13.8 Å². The molecule has 2 nitrogen and oxygen atoms in total. The first-order chi connectivity index (χ1) is 6.27. The van der Waals surface area contributed by atoms with E-state index < -0.39 is 0 Å². The standard InChI is InChI=1S/2C5H6N.Ru/c2*1-5-2-3-6-4-5;/h2*2-3,6H,1H3;. The predicted octanol–water partition coefficient (Wildman–Crippen LogP) is 0.993. The molecule has 3 heteroatoms. The monoisotopic (exact) mass is 262 g/mol. The number of hydrogen-bond acceptors (Lipinski definition) is 0. The summed E-state index contributed by atoms with van der Waals surface area (Å²) in [5.41, 5.74) is 2.74. The van der Waals surface area contributed by atoms with Crippen LogP contribution >= 0.6 is 0 Å². The van der Waals surface area contributed by atoms with E-state index in [1.807, 2.05) is 12.4 Å². The van der Waals surface area contributed by atoms with Gasteiger partial charge in [-0.3, -0.25) is 0 Å². The van der Waals surface area contributed by atoms with Gasteiger partial charge in [0.05, 0.1) is 0 Å². The zero-order valence-corrected chi connectivity index (χ0v) is 9.40. The van der Waals surface area contributed by atoms with Crippen LogP contribution in [-0.4, -0.2) is 9.97 Å². The number of aromatic amines is 2. The summed E-state index contributed by atoms with van der Waals surface area (Å²) in [4.78, 5) is 6.58. The van der Waals surface area contributed by atoms with Crippen LogP contribution < -0.4 is 8.58 Å². The molecule has 0 saturated carbocycles. The molecule has 0 spiro atoms. The zero-order valence-electron chi connectivity index (χ0n) is 7.66. The van der Waals surface area contributed by atoms with E-state index in [4.69, 9.17) is 0 Å². The van der Waals surface area contributed by atoms with Gasteiger partial charge < -0.3 is 0 Å². The molecular weight excluding hydrogens is 249 g/mol. The van der Waals surface area contributed by atoms with Crippen molar-refractivity contribution in [1.82, 2.24) is 9.97 Å². The molecule has 0 amide bonds. The van der Waals surface area contributed by atoms with Gasteiger partial charge >= 0.3 is 85.2 Å². The zero-order chi connectivity index (χ0) is 9.26. The minimum atomic E-state index is 0.135. The van der Waals surface area contributed by atoms with Gasteiger partial charge in [0.15, 0.2) is 0 Å². The van der Waals surface area contributed by atoms with Crippen molar-refractivity contribution in [3.63, 3.8) is 0 Å². The second kappa shape index (κ2) is 3.51. The average Bonchev–Trinajstić information content (AvgIpc) is 2.65. The fourth-order valence-corrected chi connectivity index (χ4v) is 3.07. The van der Waals surface area contributed by atoms with Gasteiger partial charge in [0.2, 0.25) is 0 Å². The molecule has 0 atom stereocenters. The maximum absolute atomic E-state index is 3.29. The van der Waals surface area contributed by atoms with Crippen LogP contribution in [0.1, 0.15) is 11.1 Å². The molecule has 0 aromatic carbocycles. The van der Waals surface area contributed by atoms with Crippen molar-refractivity contribution in [2.75, 3.05) is 0 Å². The van der Waals surface area contributed by atoms with Crippen molar-refractivity contribution in [3.8, 4) is 0 Å². The summed E-state index contributed by atoms with van der Waals surface area (Å²) in [6.45, 7) is 4.30. The van der Waals surface area contributed by atoms with Crippen molar-refractivity contribution >= 4 is 8.58 Å². The van der Waals surface area contributed by atoms with E-state index in [1.165, 1.54) is 19.7 Å². The molecule has 2 N–H and O–H groups in total. The van der Waals surface area contributed by atoms with Crippen molar-refractivity contribution in [3.05, 3.63) is 35.7 Å². The fraction of sp³-hybridized carbons (Fsp3) is 0.200. The molecule has 2 aromatic rings. The van der Waals surface area contributed by atoms with Crippen molar-refractivity contribution < 1.29 is 17.1 Å². The quantitative estimate of drug-likeness (QED) is 0.756. The third kappa shape index (κ3) is 1.75. The molecular formula is C10H12N2Ru. The van der Waals surface area contributed by atoms with E-state index in [0.29, 0.717) is 0 Å². The molecule has 13 heavy (non-hydrogen) atoms. The Balaban J connectivity index is 2.24. The summed E-state index contributed by atoms with van der Waals surface area (Å²) in [7, 11) is 0. The average molecular weight is 261 g/mol. The Bertz CT molecular complexity index is 362. The first-order valence-electron chi connectivity index (χ1n) is 4.17. The summed E-state index contributed by atoms with van der Waals surface area (Å²) >= 11 is 0.135. The van der Waals surface area contributed by atoms with Crippen LogP contribution in [0.3, 0.4) is 0 Å². The van der Waals surface area contributed by atoms with Crippen molar-refractivity contribution in [2.24, 2.45) is 0 Å².